The molecule has 0 atom stereocenters. The third-order valence-electron chi connectivity index (χ3n) is 0.154. The van der Waals surface area contributed by atoms with Crippen molar-refractivity contribution in [1.29, 1.82) is 0 Å². The fourth-order valence-corrected chi connectivity index (χ4v) is 0.338. The van der Waals surface area contributed by atoms with Gasteiger partial charge in [-0.25, -0.2) is 0 Å². The molecule has 4 heteroatoms. The van der Waals surface area contributed by atoms with E-state index in [-0.39, 0.29) is 0 Å². The lowest BCUT2D eigenvalue weighted by atomic mass is 11.6. The van der Waals surface area contributed by atoms with Crippen LogP contribution in [0.3, 0.4) is 0 Å². The van der Waals surface area contributed by atoms with Crippen LogP contribution in [-0.2, 0) is 0 Å². The molecule has 0 aromatic carbocycles. The molecule has 0 spiro atoms. The van der Waals surface area contributed by atoms with E-state index in [0.717, 1.165) is 0 Å². The van der Waals surface area contributed by atoms with Crippen LogP contribution in [0.5, 0.6) is 0 Å². The van der Waals surface area contributed by atoms with Crippen LogP contribution in [0, 0.1) is 0 Å². The van der Waals surface area contributed by atoms with E-state index in [2.05, 4.69) is 10.2 Å². The first-order chi connectivity index (χ1) is 2.91. The summed E-state index contributed by atoms with van der Waals surface area (Å²) in [6.45, 7) is 0. The predicted molar refractivity (Wildman–Crippen MR) is 45.0 cm³/mol. The minimum atomic E-state index is 1.60. The van der Waals surface area contributed by atoms with E-state index in [1.807, 2.05) is 45.2 Å². The standard InChI is InChI=1S/C2H2I2N2/c3-1-5-6-2-4/h1-2H/b5-1+,6-2+. The smallest absolute Gasteiger partial charge is 0.0878 e. The van der Waals surface area contributed by atoms with Crippen molar-refractivity contribution < 1.29 is 0 Å². The van der Waals surface area contributed by atoms with Crippen molar-refractivity contribution in [3.63, 3.8) is 0 Å². The number of hydrogen-bond acceptors (Lipinski definition) is 2. The van der Waals surface area contributed by atoms with Gasteiger partial charge in [-0.05, 0) is 45.2 Å². The van der Waals surface area contributed by atoms with E-state index in [9.17, 15) is 0 Å². The molecule has 0 aromatic rings. The van der Waals surface area contributed by atoms with E-state index in [1.165, 1.54) is 0 Å². The average Bonchev–Trinajstić information content (AvgIpc) is 1.61. The van der Waals surface area contributed by atoms with Crippen LogP contribution in [0.4, 0.5) is 0 Å². The molecule has 2 nitrogen and oxygen atoms in total. The quantitative estimate of drug-likeness (QED) is 0.401. The largest absolute Gasteiger partial charge is 0.152 e. The molecule has 0 aliphatic rings. The van der Waals surface area contributed by atoms with Gasteiger partial charge in [0.2, 0.25) is 0 Å². The Hall–Kier alpha value is 0.800. The summed E-state index contributed by atoms with van der Waals surface area (Å²) in [4.78, 5) is 0. The number of nitrogens with zero attached hydrogens (tertiary/aromatic N) is 2. The van der Waals surface area contributed by atoms with Gasteiger partial charge in [-0.2, -0.15) is 10.2 Å². The van der Waals surface area contributed by atoms with Gasteiger partial charge in [0.1, 0.15) is 0 Å². The van der Waals surface area contributed by atoms with E-state index >= 15 is 0 Å². The summed E-state index contributed by atoms with van der Waals surface area (Å²) in [6.07, 6.45) is 0. The van der Waals surface area contributed by atoms with Crippen LogP contribution in [0.25, 0.3) is 0 Å². The minimum absolute atomic E-state index is 1.60. The summed E-state index contributed by atoms with van der Waals surface area (Å²) in [5.41, 5.74) is 0. The first kappa shape index (κ1) is 6.80. The van der Waals surface area contributed by atoms with Crippen molar-refractivity contribution in [2.45, 2.75) is 0 Å². The number of halogens is 2. The summed E-state index contributed by atoms with van der Waals surface area (Å²) in [6, 6.07) is 0. The molecule has 0 rings (SSSR count). The number of rotatable bonds is 1. The molecule has 0 fully saturated rings. The van der Waals surface area contributed by atoms with Crippen LogP contribution >= 0.6 is 45.2 Å². The Kier molecular flexibility index (Phi) is 6.57. The molecule has 0 aliphatic heterocycles. The van der Waals surface area contributed by atoms with Crippen molar-refractivity contribution in [2.75, 3.05) is 0 Å². The van der Waals surface area contributed by atoms with Crippen LogP contribution in [-0.4, -0.2) is 8.44 Å². The van der Waals surface area contributed by atoms with Crippen LogP contribution in [0.1, 0.15) is 0 Å². The zero-order chi connectivity index (χ0) is 4.83. The molecule has 34 valence electrons. The molecule has 0 N–H and O–H groups in total. The third kappa shape index (κ3) is 4.80. The first-order valence-corrected chi connectivity index (χ1v) is 3.64. The molecule has 0 radical (unpaired) electrons. The highest BCUT2D eigenvalue weighted by atomic mass is 127. The summed E-state index contributed by atoms with van der Waals surface area (Å²) >= 11 is 4.00. The lowest BCUT2D eigenvalue weighted by Gasteiger charge is -1.62. The monoisotopic (exact) mass is 308 g/mol. The summed E-state index contributed by atoms with van der Waals surface area (Å²) in [5, 5.41) is 7.03. The summed E-state index contributed by atoms with van der Waals surface area (Å²) < 4.78 is 3.21. The lowest BCUT2D eigenvalue weighted by Crippen LogP contribution is -1.47. The van der Waals surface area contributed by atoms with Gasteiger partial charge < -0.3 is 0 Å². The van der Waals surface area contributed by atoms with Crippen molar-refractivity contribution in [1.82, 2.24) is 0 Å². The predicted octanol–water partition coefficient (Wildman–Crippen LogP) is 1.83. The maximum atomic E-state index is 3.51. The molecular formula is C2H2I2N2. The second-order valence-corrected chi connectivity index (χ2v) is 1.54. The van der Waals surface area contributed by atoms with E-state index in [4.69, 9.17) is 0 Å². The second kappa shape index (κ2) is 5.80. The molecule has 0 aromatic heterocycles. The normalized spacial score (nSPS) is 11.7. The van der Waals surface area contributed by atoms with Gasteiger partial charge >= 0.3 is 0 Å². The highest BCUT2D eigenvalue weighted by Gasteiger charge is 1.51. The van der Waals surface area contributed by atoms with Gasteiger partial charge in [-0.1, -0.05) is 0 Å². The van der Waals surface area contributed by atoms with Gasteiger partial charge in [-0.15, -0.1) is 0 Å². The van der Waals surface area contributed by atoms with Gasteiger partial charge in [-0.3, -0.25) is 0 Å². The topological polar surface area (TPSA) is 24.7 Å². The van der Waals surface area contributed by atoms with Crippen molar-refractivity contribution in [3.05, 3.63) is 0 Å². The molecular weight excluding hydrogens is 306 g/mol. The Morgan fingerprint density at radius 2 is 1.33 bits per heavy atom. The Morgan fingerprint density at radius 3 is 1.50 bits per heavy atom. The van der Waals surface area contributed by atoms with Crippen LogP contribution < -0.4 is 0 Å². The Balaban J connectivity index is 3.07. The fourth-order valence-electron chi connectivity index (χ4n) is 0.0504. The first-order valence-electron chi connectivity index (χ1n) is 1.15. The van der Waals surface area contributed by atoms with E-state index in [1.54, 1.807) is 8.44 Å². The van der Waals surface area contributed by atoms with Gasteiger partial charge in [0, 0.05) is 0 Å². The highest BCUT2D eigenvalue weighted by Crippen LogP contribution is 1.76. The van der Waals surface area contributed by atoms with Crippen molar-refractivity contribution >= 4 is 53.6 Å². The summed E-state index contributed by atoms with van der Waals surface area (Å²) in [7, 11) is 0. The Morgan fingerprint density at radius 1 is 1.00 bits per heavy atom. The molecule has 0 unspecified atom stereocenters. The van der Waals surface area contributed by atoms with Crippen LogP contribution in [0.15, 0.2) is 10.2 Å². The maximum absolute atomic E-state index is 3.51. The molecule has 0 aliphatic carbocycles. The average molecular weight is 308 g/mol. The Labute approximate surface area is 63.4 Å². The third-order valence-corrected chi connectivity index (χ3v) is 0.652. The number of hydrogen-bond donors (Lipinski definition) is 0. The van der Waals surface area contributed by atoms with Gasteiger partial charge in [0.15, 0.2) is 0 Å². The molecule has 0 bridgehead atoms. The maximum Gasteiger partial charge on any atom is 0.0878 e. The molecule has 0 heterocycles. The van der Waals surface area contributed by atoms with Gasteiger partial charge in [0.25, 0.3) is 0 Å². The fraction of sp³-hybridized carbons (Fsp3) is 0. The molecule has 0 saturated heterocycles. The minimum Gasteiger partial charge on any atom is -0.152 e. The highest BCUT2D eigenvalue weighted by molar-refractivity contribution is 14.1. The summed E-state index contributed by atoms with van der Waals surface area (Å²) in [5.74, 6) is 0. The van der Waals surface area contributed by atoms with Crippen LogP contribution in [0.2, 0.25) is 0 Å². The Bertz CT molecular complexity index is 57.9. The van der Waals surface area contributed by atoms with Gasteiger partial charge in [0.05, 0.1) is 8.44 Å². The SMILES string of the molecule is I/C=N/N=C/I. The molecule has 6 heavy (non-hydrogen) atoms. The lowest BCUT2D eigenvalue weighted by molar-refractivity contribution is 1.29. The molecule has 0 amide bonds. The second-order valence-electron chi connectivity index (χ2n) is 0.426. The molecule has 0 saturated carbocycles. The van der Waals surface area contributed by atoms with E-state index < -0.39 is 0 Å². The zero-order valence-corrected chi connectivity index (χ0v) is 7.12. The zero-order valence-electron chi connectivity index (χ0n) is 2.81. The van der Waals surface area contributed by atoms with Crippen molar-refractivity contribution in [2.24, 2.45) is 10.2 Å². The van der Waals surface area contributed by atoms with Crippen molar-refractivity contribution in [3.8, 4) is 0 Å². The van der Waals surface area contributed by atoms with E-state index in [0.29, 0.717) is 0 Å².